The molecule has 0 saturated carbocycles. The second kappa shape index (κ2) is 6.41. The van der Waals surface area contributed by atoms with Gasteiger partial charge in [-0.2, -0.15) is 5.10 Å². The number of rotatable bonds is 4. The maximum absolute atomic E-state index is 11.3. The zero-order chi connectivity index (χ0) is 15.4. The average molecular weight is 306 g/mol. The van der Waals surface area contributed by atoms with Crippen LogP contribution in [0.1, 0.15) is 11.3 Å². The van der Waals surface area contributed by atoms with Crippen molar-refractivity contribution in [3.05, 3.63) is 50.9 Å². The zero-order valence-electron chi connectivity index (χ0n) is 12.0. The Bertz CT molecular complexity index is 724. The number of aryl methyl sites for hydroxylation is 1. The van der Waals surface area contributed by atoms with E-state index in [4.69, 9.17) is 11.6 Å². The van der Waals surface area contributed by atoms with Gasteiger partial charge in [0.1, 0.15) is 0 Å². The number of aromatic amines is 1. The second-order valence-electron chi connectivity index (χ2n) is 4.71. The van der Waals surface area contributed by atoms with Crippen LogP contribution >= 0.6 is 11.6 Å². The highest BCUT2D eigenvalue weighted by Gasteiger charge is 2.01. The van der Waals surface area contributed by atoms with Crippen molar-refractivity contribution in [1.82, 2.24) is 9.97 Å². The molecule has 21 heavy (non-hydrogen) atoms. The molecule has 0 aliphatic carbocycles. The summed E-state index contributed by atoms with van der Waals surface area (Å²) < 4.78 is 0. The van der Waals surface area contributed by atoms with Crippen molar-refractivity contribution in [2.45, 2.75) is 6.92 Å². The third kappa shape index (κ3) is 4.06. The van der Waals surface area contributed by atoms with E-state index in [0.717, 1.165) is 11.3 Å². The first-order valence-electron chi connectivity index (χ1n) is 6.29. The third-order valence-corrected chi connectivity index (χ3v) is 3.07. The van der Waals surface area contributed by atoms with Gasteiger partial charge in [-0.05, 0) is 25.1 Å². The molecule has 6 nitrogen and oxygen atoms in total. The Hall–Kier alpha value is -2.34. The van der Waals surface area contributed by atoms with Crippen LogP contribution in [0.4, 0.5) is 11.6 Å². The number of aromatic nitrogens is 2. The predicted octanol–water partition coefficient (Wildman–Crippen LogP) is 2.24. The Labute approximate surface area is 127 Å². The number of hydrazone groups is 1. The van der Waals surface area contributed by atoms with Gasteiger partial charge >= 0.3 is 0 Å². The lowest BCUT2D eigenvalue weighted by molar-refractivity contribution is 1.04. The van der Waals surface area contributed by atoms with Crippen LogP contribution in [-0.2, 0) is 0 Å². The quantitative estimate of drug-likeness (QED) is 0.671. The predicted molar refractivity (Wildman–Crippen MR) is 86.6 cm³/mol. The fraction of sp³-hybridized carbons (Fsp3) is 0.214. The molecule has 0 spiro atoms. The number of hydrogen-bond donors (Lipinski definition) is 2. The van der Waals surface area contributed by atoms with Gasteiger partial charge in [0.05, 0.1) is 11.2 Å². The molecular formula is C14H16ClN5O. The molecule has 2 aromatic rings. The van der Waals surface area contributed by atoms with Gasteiger partial charge in [0.25, 0.3) is 5.56 Å². The van der Waals surface area contributed by atoms with E-state index in [1.54, 1.807) is 13.1 Å². The second-order valence-corrected chi connectivity index (χ2v) is 5.11. The Morgan fingerprint density at radius 1 is 1.38 bits per heavy atom. The number of nitrogens with one attached hydrogen (secondary N) is 2. The summed E-state index contributed by atoms with van der Waals surface area (Å²) in [6.07, 6.45) is 1.57. The number of benzene rings is 1. The molecule has 2 rings (SSSR count). The molecule has 0 aliphatic rings. The van der Waals surface area contributed by atoms with Gasteiger partial charge in [-0.15, -0.1) is 0 Å². The fourth-order valence-corrected chi connectivity index (χ4v) is 1.92. The van der Waals surface area contributed by atoms with Crippen molar-refractivity contribution in [2.24, 2.45) is 5.10 Å². The molecule has 0 fully saturated rings. The summed E-state index contributed by atoms with van der Waals surface area (Å²) in [4.78, 5) is 19.9. The Morgan fingerprint density at radius 2 is 2.14 bits per heavy atom. The number of H-pyrrole nitrogens is 1. The summed E-state index contributed by atoms with van der Waals surface area (Å²) in [6, 6.07) is 7.08. The van der Waals surface area contributed by atoms with E-state index in [9.17, 15) is 4.79 Å². The van der Waals surface area contributed by atoms with Crippen molar-refractivity contribution in [3.63, 3.8) is 0 Å². The van der Waals surface area contributed by atoms with Gasteiger partial charge in [-0.3, -0.25) is 9.78 Å². The van der Waals surface area contributed by atoms with Gasteiger partial charge in [0.2, 0.25) is 5.95 Å². The average Bonchev–Trinajstić information content (AvgIpc) is 2.39. The first-order chi connectivity index (χ1) is 9.95. The molecule has 0 amide bonds. The topological polar surface area (TPSA) is 73.4 Å². The van der Waals surface area contributed by atoms with E-state index >= 15 is 0 Å². The van der Waals surface area contributed by atoms with E-state index in [1.165, 1.54) is 6.07 Å². The molecule has 2 N–H and O–H groups in total. The van der Waals surface area contributed by atoms with Crippen molar-refractivity contribution in [2.75, 3.05) is 24.4 Å². The highest BCUT2D eigenvalue weighted by molar-refractivity contribution is 6.33. The molecular weight excluding hydrogens is 290 g/mol. The molecule has 1 aromatic heterocycles. The van der Waals surface area contributed by atoms with Crippen molar-refractivity contribution in [3.8, 4) is 0 Å². The van der Waals surface area contributed by atoms with E-state index in [-0.39, 0.29) is 11.5 Å². The molecule has 1 heterocycles. The summed E-state index contributed by atoms with van der Waals surface area (Å²) >= 11 is 6.19. The lowest BCUT2D eigenvalue weighted by atomic mass is 10.2. The molecule has 0 unspecified atom stereocenters. The minimum atomic E-state index is -0.228. The largest absolute Gasteiger partial charge is 0.378 e. The summed E-state index contributed by atoms with van der Waals surface area (Å²) in [7, 11) is 3.89. The SMILES string of the molecule is Cc1cc(=O)[nH]c(N/N=C\c2ccc(N(C)C)cc2Cl)n1. The molecule has 0 aliphatic heterocycles. The summed E-state index contributed by atoms with van der Waals surface area (Å²) in [6.45, 7) is 1.74. The lowest BCUT2D eigenvalue weighted by Crippen LogP contribution is -2.10. The van der Waals surface area contributed by atoms with Crippen LogP contribution < -0.4 is 15.9 Å². The first kappa shape index (κ1) is 15.1. The maximum Gasteiger partial charge on any atom is 0.252 e. The highest BCUT2D eigenvalue weighted by Crippen LogP contribution is 2.21. The van der Waals surface area contributed by atoms with Gasteiger partial charge < -0.3 is 4.90 Å². The number of anilines is 2. The third-order valence-electron chi connectivity index (χ3n) is 2.74. The summed E-state index contributed by atoms with van der Waals surface area (Å²) in [5.74, 6) is 0.289. The van der Waals surface area contributed by atoms with Gasteiger partial charge in [0.15, 0.2) is 0 Å². The van der Waals surface area contributed by atoms with Crippen molar-refractivity contribution in [1.29, 1.82) is 0 Å². The Kier molecular flexibility index (Phi) is 4.59. The van der Waals surface area contributed by atoms with Crippen LogP contribution in [0.3, 0.4) is 0 Å². The van der Waals surface area contributed by atoms with Crippen LogP contribution in [0.15, 0.2) is 34.2 Å². The van der Waals surface area contributed by atoms with Gasteiger partial charge in [0, 0.05) is 37.1 Å². The fourth-order valence-electron chi connectivity index (χ4n) is 1.69. The van der Waals surface area contributed by atoms with E-state index in [1.807, 2.05) is 37.2 Å². The van der Waals surface area contributed by atoms with Crippen molar-refractivity contribution < 1.29 is 0 Å². The maximum atomic E-state index is 11.3. The van der Waals surface area contributed by atoms with Crippen LogP contribution in [0.25, 0.3) is 0 Å². The highest BCUT2D eigenvalue weighted by atomic mass is 35.5. The Morgan fingerprint density at radius 3 is 2.76 bits per heavy atom. The van der Waals surface area contributed by atoms with Crippen LogP contribution in [0, 0.1) is 6.92 Å². The summed E-state index contributed by atoms with van der Waals surface area (Å²) in [5, 5.41) is 4.62. The van der Waals surface area contributed by atoms with Crippen LogP contribution in [-0.4, -0.2) is 30.3 Å². The normalized spacial score (nSPS) is 10.9. The van der Waals surface area contributed by atoms with E-state index < -0.39 is 0 Å². The standard InChI is InChI=1S/C14H16ClN5O/c1-9-6-13(21)18-14(17-9)19-16-8-10-4-5-11(20(2)3)7-12(10)15/h4-8H,1-3H3,(H2,17,18,19,21)/b16-8-. The monoisotopic (exact) mass is 305 g/mol. The molecule has 7 heteroatoms. The molecule has 0 radical (unpaired) electrons. The summed E-state index contributed by atoms with van der Waals surface area (Å²) in [5.41, 5.74) is 4.84. The number of halogens is 1. The minimum Gasteiger partial charge on any atom is -0.378 e. The lowest BCUT2D eigenvalue weighted by Gasteiger charge is -2.13. The molecule has 0 saturated heterocycles. The minimum absolute atomic E-state index is 0.228. The van der Waals surface area contributed by atoms with Crippen molar-refractivity contribution >= 4 is 29.5 Å². The van der Waals surface area contributed by atoms with Crippen LogP contribution in [0.5, 0.6) is 0 Å². The van der Waals surface area contributed by atoms with Gasteiger partial charge in [-0.1, -0.05) is 11.6 Å². The molecule has 0 bridgehead atoms. The van der Waals surface area contributed by atoms with Crippen LogP contribution in [0.2, 0.25) is 5.02 Å². The molecule has 110 valence electrons. The van der Waals surface area contributed by atoms with E-state index in [0.29, 0.717) is 10.7 Å². The number of nitrogens with zero attached hydrogens (tertiary/aromatic N) is 3. The van der Waals surface area contributed by atoms with E-state index in [2.05, 4.69) is 20.5 Å². The molecule has 0 atom stereocenters. The Balaban J connectivity index is 2.12. The number of hydrogen-bond acceptors (Lipinski definition) is 5. The first-order valence-corrected chi connectivity index (χ1v) is 6.67. The smallest absolute Gasteiger partial charge is 0.252 e. The van der Waals surface area contributed by atoms with Gasteiger partial charge in [-0.25, -0.2) is 10.4 Å². The zero-order valence-corrected chi connectivity index (χ0v) is 12.8. The molecule has 1 aromatic carbocycles.